The highest BCUT2D eigenvalue weighted by Crippen LogP contribution is 2.62. The Morgan fingerprint density at radius 3 is 2.00 bits per heavy atom. The molecule has 2 unspecified atom stereocenters. The molecule has 18 heavy (non-hydrogen) atoms. The van der Waals surface area contributed by atoms with Crippen LogP contribution in [0.1, 0.15) is 47.0 Å². The fraction of sp³-hybridized carbons (Fsp3) is 0.857. The highest BCUT2D eigenvalue weighted by atomic mass is 16.4. The lowest BCUT2D eigenvalue weighted by atomic mass is 9.95. The third-order valence-electron chi connectivity index (χ3n) is 5.48. The zero-order valence-electron chi connectivity index (χ0n) is 11.6. The predicted molar refractivity (Wildman–Crippen MR) is 68.0 cm³/mol. The zero-order valence-corrected chi connectivity index (χ0v) is 11.6. The molecule has 2 aliphatic carbocycles. The lowest BCUT2D eigenvalue weighted by Gasteiger charge is -2.16. The largest absolute Gasteiger partial charge is 0.481 e. The van der Waals surface area contributed by atoms with Crippen LogP contribution in [0.5, 0.6) is 0 Å². The van der Waals surface area contributed by atoms with E-state index in [0.29, 0.717) is 12.8 Å². The van der Waals surface area contributed by atoms with E-state index in [1.807, 2.05) is 0 Å². The molecule has 0 aromatic rings. The highest BCUT2D eigenvalue weighted by Gasteiger charge is 2.65. The van der Waals surface area contributed by atoms with Gasteiger partial charge in [0.1, 0.15) is 0 Å². The minimum atomic E-state index is -0.832. The number of carboxylic acid groups (broad SMARTS) is 1. The van der Waals surface area contributed by atoms with Crippen molar-refractivity contribution >= 4 is 11.9 Å². The van der Waals surface area contributed by atoms with Gasteiger partial charge in [-0.05, 0) is 23.7 Å². The second kappa shape index (κ2) is 3.97. The summed E-state index contributed by atoms with van der Waals surface area (Å²) in [6.45, 7) is 8.56. The minimum Gasteiger partial charge on any atom is -0.481 e. The van der Waals surface area contributed by atoms with Crippen molar-refractivity contribution in [1.82, 2.24) is 5.32 Å². The number of aliphatic carboxylic acids is 1. The molecule has 0 aromatic carbocycles. The molecule has 0 aliphatic heterocycles. The third-order valence-corrected chi connectivity index (χ3v) is 5.48. The lowest BCUT2D eigenvalue weighted by molar-refractivity contribution is -0.146. The van der Waals surface area contributed by atoms with Gasteiger partial charge in [-0.2, -0.15) is 0 Å². The summed E-state index contributed by atoms with van der Waals surface area (Å²) < 4.78 is 0. The molecule has 0 radical (unpaired) electrons. The Balaban J connectivity index is 2.00. The standard InChI is InChI=1S/C14H23NO3/c1-13(2)12(14(13,3)4)15-10(16)8-6-5-7-9(8)11(17)18/h8-9,12H,5-7H2,1-4H3,(H,15,16)(H,17,18). The number of hydrogen-bond donors (Lipinski definition) is 2. The van der Waals surface area contributed by atoms with Crippen molar-refractivity contribution in [2.75, 3.05) is 0 Å². The average molecular weight is 253 g/mol. The molecule has 0 saturated heterocycles. The van der Waals surface area contributed by atoms with Gasteiger partial charge in [-0.1, -0.05) is 34.1 Å². The van der Waals surface area contributed by atoms with Gasteiger partial charge in [0.15, 0.2) is 0 Å². The van der Waals surface area contributed by atoms with Crippen LogP contribution >= 0.6 is 0 Å². The summed E-state index contributed by atoms with van der Waals surface area (Å²) in [6, 6.07) is 0.160. The Morgan fingerprint density at radius 2 is 1.56 bits per heavy atom. The van der Waals surface area contributed by atoms with Crippen LogP contribution in [-0.4, -0.2) is 23.0 Å². The van der Waals surface area contributed by atoms with E-state index in [4.69, 9.17) is 5.11 Å². The van der Waals surface area contributed by atoms with Crippen LogP contribution in [0.4, 0.5) is 0 Å². The topological polar surface area (TPSA) is 66.4 Å². The molecular formula is C14H23NO3. The average Bonchev–Trinajstić information content (AvgIpc) is 2.68. The van der Waals surface area contributed by atoms with E-state index in [-0.39, 0.29) is 28.7 Å². The number of hydrogen-bond acceptors (Lipinski definition) is 2. The van der Waals surface area contributed by atoms with Gasteiger partial charge < -0.3 is 10.4 Å². The van der Waals surface area contributed by atoms with Gasteiger partial charge in [-0.15, -0.1) is 0 Å². The van der Waals surface area contributed by atoms with E-state index < -0.39 is 11.9 Å². The van der Waals surface area contributed by atoms with Crippen LogP contribution in [0.15, 0.2) is 0 Å². The van der Waals surface area contributed by atoms with E-state index in [2.05, 4.69) is 33.0 Å². The van der Waals surface area contributed by atoms with Crippen molar-refractivity contribution in [2.24, 2.45) is 22.7 Å². The van der Waals surface area contributed by atoms with Crippen LogP contribution in [0.2, 0.25) is 0 Å². The number of nitrogens with one attached hydrogen (secondary N) is 1. The quantitative estimate of drug-likeness (QED) is 0.809. The molecule has 0 spiro atoms. The van der Waals surface area contributed by atoms with Gasteiger partial charge >= 0.3 is 5.97 Å². The van der Waals surface area contributed by atoms with E-state index in [9.17, 15) is 9.59 Å². The molecular weight excluding hydrogens is 230 g/mol. The Morgan fingerprint density at radius 1 is 1.06 bits per heavy atom. The van der Waals surface area contributed by atoms with Gasteiger partial charge in [-0.25, -0.2) is 0 Å². The van der Waals surface area contributed by atoms with E-state index in [0.717, 1.165) is 6.42 Å². The number of carbonyl (C=O) groups excluding carboxylic acids is 1. The predicted octanol–water partition coefficient (Wildman–Crippen LogP) is 2.04. The molecule has 0 bridgehead atoms. The van der Waals surface area contributed by atoms with Gasteiger partial charge in [0.25, 0.3) is 0 Å². The van der Waals surface area contributed by atoms with E-state index >= 15 is 0 Å². The molecule has 2 saturated carbocycles. The van der Waals surface area contributed by atoms with Gasteiger partial charge in [0.05, 0.1) is 11.8 Å². The lowest BCUT2D eigenvalue weighted by Crippen LogP contribution is -2.38. The number of rotatable bonds is 3. The van der Waals surface area contributed by atoms with Crippen LogP contribution < -0.4 is 5.32 Å². The molecule has 1 amide bonds. The summed E-state index contributed by atoms with van der Waals surface area (Å²) in [4.78, 5) is 23.3. The Bertz CT molecular complexity index is 373. The first-order valence-electron chi connectivity index (χ1n) is 6.73. The zero-order chi connectivity index (χ0) is 13.7. The number of amides is 1. The molecule has 4 heteroatoms. The summed E-state index contributed by atoms with van der Waals surface area (Å²) in [5.41, 5.74) is 0.194. The molecule has 2 N–H and O–H groups in total. The summed E-state index contributed by atoms with van der Waals surface area (Å²) in [6.07, 6.45) is 2.17. The monoisotopic (exact) mass is 253 g/mol. The summed E-state index contributed by atoms with van der Waals surface area (Å²) >= 11 is 0. The second-order valence-corrected chi connectivity index (χ2v) is 6.87. The molecule has 4 nitrogen and oxygen atoms in total. The Labute approximate surface area is 108 Å². The maximum absolute atomic E-state index is 12.2. The van der Waals surface area contributed by atoms with Crippen molar-refractivity contribution in [2.45, 2.75) is 53.0 Å². The van der Waals surface area contributed by atoms with Crippen molar-refractivity contribution < 1.29 is 14.7 Å². The smallest absolute Gasteiger partial charge is 0.307 e. The first-order valence-corrected chi connectivity index (χ1v) is 6.73. The van der Waals surface area contributed by atoms with E-state index in [1.165, 1.54) is 0 Å². The molecule has 0 heterocycles. The maximum Gasteiger partial charge on any atom is 0.307 e. The van der Waals surface area contributed by atoms with Crippen molar-refractivity contribution in [3.8, 4) is 0 Å². The Kier molecular flexibility index (Phi) is 2.95. The molecule has 0 aromatic heterocycles. The number of carboxylic acids is 1. The summed E-state index contributed by atoms with van der Waals surface area (Å²) in [5.74, 6) is -1.73. The fourth-order valence-electron chi connectivity index (χ4n) is 3.38. The van der Waals surface area contributed by atoms with Crippen molar-refractivity contribution in [3.63, 3.8) is 0 Å². The van der Waals surface area contributed by atoms with Crippen LogP contribution in [0.3, 0.4) is 0 Å². The molecule has 2 fully saturated rings. The SMILES string of the molecule is CC1(C)C(NC(=O)C2CCCC2C(=O)O)C1(C)C. The fourth-order valence-corrected chi connectivity index (χ4v) is 3.38. The van der Waals surface area contributed by atoms with Gasteiger partial charge in [0.2, 0.25) is 5.91 Å². The normalized spacial score (nSPS) is 33.1. The highest BCUT2D eigenvalue weighted by molar-refractivity contribution is 5.85. The maximum atomic E-state index is 12.2. The summed E-state index contributed by atoms with van der Waals surface area (Å²) in [5, 5.41) is 12.2. The molecule has 102 valence electrons. The molecule has 2 atom stereocenters. The van der Waals surface area contributed by atoms with Gasteiger partial charge in [0, 0.05) is 6.04 Å². The first-order chi connectivity index (χ1) is 8.19. The first kappa shape index (κ1) is 13.4. The molecule has 2 aliphatic rings. The minimum absolute atomic E-state index is 0.0662. The third kappa shape index (κ3) is 1.82. The number of carbonyl (C=O) groups is 2. The van der Waals surface area contributed by atoms with Gasteiger partial charge in [-0.3, -0.25) is 9.59 Å². The second-order valence-electron chi connectivity index (χ2n) is 6.87. The Hall–Kier alpha value is -1.06. The summed E-state index contributed by atoms with van der Waals surface area (Å²) in [7, 11) is 0. The van der Waals surface area contributed by atoms with Crippen molar-refractivity contribution in [3.05, 3.63) is 0 Å². The van der Waals surface area contributed by atoms with Crippen LogP contribution in [0, 0.1) is 22.7 Å². The van der Waals surface area contributed by atoms with Crippen LogP contribution in [0.25, 0.3) is 0 Å². The van der Waals surface area contributed by atoms with Crippen LogP contribution in [-0.2, 0) is 9.59 Å². The van der Waals surface area contributed by atoms with E-state index in [1.54, 1.807) is 0 Å². The van der Waals surface area contributed by atoms with Crippen molar-refractivity contribution in [1.29, 1.82) is 0 Å². The molecule has 2 rings (SSSR count).